The molecule has 1 amide bonds. The Kier molecular flexibility index (Phi) is 2.67. The zero-order valence-corrected chi connectivity index (χ0v) is 8.01. The van der Waals surface area contributed by atoms with Crippen LogP contribution in [0.2, 0.25) is 0 Å². The van der Waals surface area contributed by atoms with Gasteiger partial charge in [-0.05, 0) is 24.3 Å². The van der Waals surface area contributed by atoms with E-state index in [1.165, 1.54) is 0 Å². The molecule has 0 fully saturated rings. The van der Waals surface area contributed by atoms with Crippen molar-refractivity contribution in [1.82, 2.24) is 0 Å². The minimum Gasteiger partial charge on any atom is -0.451 e. The molecule has 5 heteroatoms. The first-order valence-electron chi connectivity index (χ1n) is 3.76. The lowest BCUT2D eigenvalue weighted by atomic mass is 10.2. The Morgan fingerprint density at radius 1 is 1.29 bits per heavy atom. The van der Waals surface area contributed by atoms with E-state index in [1.54, 1.807) is 24.3 Å². The first kappa shape index (κ1) is 10.4. The van der Waals surface area contributed by atoms with Gasteiger partial charge in [-0.1, -0.05) is 0 Å². The second-order valence-corrected chi connectivity index (χ2v) is 2.77. The van der Waals surface area contributed by atoms with Gasteiger partial charge in [-0.2, -0.15) is 0 Å². The van der Waals surface area contributed by atoms with Crippen LogP contribution in [0.3, 0.4) is 0 Å². The van der Waals surface area contributed by atoms with Gasteiger partial charge in [-0.3, -0.25) is 4.79 Å². The lowest BCUT2D eigenvalue weighted by Gasteiger charge is -1.89. The number of nitrogens with two attached hydrogens (primary N) is 2. The van der Waals surface area contributed by atoms with Crippen LogP contribution in [0.15, 0.2) is 28.7 Å². The van der Waals surface area contributed by atoms with Gasteiger partial charge >= 0.3 is 0 Å². The number of hydrogen-bond acceptors (Lipinski definition) is 3. The van der Waals surface area contributed by atoms with Crippen LogP contribution < -0.4 is 11.5 Å². The molecule has 0 spiro atoms. The number of furan rings is 1. The third-order valence-electron chi connectivity index (χ3n) is 1.78. The number of carbonyl (C=O) groups excluding carboxylic acids is 1. The van der Waals surface area contributed by atoms with E-state index in [2.05, 4.69) is 0 Å². The fourth-order valence-corrected chi connectivity index (χ4v) is 1.18. The molecule has 0 aliphatic carbocycles. The van der Waals surface area contributed by atoms with Gasteiger partial charge in [0.05, 0.1) is 0 Å². The number of halogens is 1. The molecule has 1 aromatic carbocycles. The van der Waals surface area contributed by atoms with Gasteiger partial charge in [-0.25, -0.2) is 0 Å². The molecule has 4 nitrogen and oxygen atoms in total. The van der Waals surface area contributed by atoms with Crippen LogP contribution in [0.25, 0.3) is 11.0 Å². The van der Waals surface area contributed by atoms with Crippen LogP contribution in [0.4, 0.5) is 5.69 Å². The van der Waals surface area contributed by atoms with Crippen LogP contribution >= 0.6 is 12.4 Å². The Hall–Kier alpha value is -1.68. The molecule has 4 N–H and O–H groups in total. The van der Waals surface area contributed by atoms with Crippen LogP contribution in [0.5, 0.6) is 0 Å². The molecule has 2 rings (SSSR count). The molecule has 0 saturated heterocycles. The second-order valence-electron chi connectivity index (χ2n) is 2.77. The summed E-state index contributed by atoms with van der Waals surface area (Å²) in [5.41, 5.74) is 11.8. The van der Waals surface area contributed by atoms with Gasteiger partial charge in [0.25, 0.3) is 5.91 Å². The minimum atomic E-state index is -0.574. The smallest absolute Gasteiger partial charge is 0.284 e. The summed E-state index contributed by atoms with van der Waals surface area (Å²) in [6.45, 7) is 0. The molecule has 14 heavy (non-hydrogen) atoms. The number of anilines is 1. The Morgan fingerprint density at radius 3 is 2.64 bits per heavy atom. The molecule has 0 bridgehead atoms. The van der Waals surface area contributed by atoms with Crippen molar-refractivity contribution in [2.75, 3.05) is 5.73 Å². The summed E-state index contributed by atoms with van der Waals surface area (Å²) < 4.78 is 5.15. The molecule has 0 atom stereocenters. The van der Waals surface area contributed by atoms with Crippen LogP contribution in [-0.4, -0.2) is 5.91 Å². The third kappa shape index (κ3) is 1.65. The average Bonchev–Trinajstić information content (AvgIpc) is 2.46. The van der Waals surface area contributed by atoms with E-state index >= 15 is 0 Å². The Labute approximate surface area is 86.3 Å². The number of carbonyl (C=O) groups is 1. The molecular weight excluding hydrogens is 204 g/mol. The average molecular weight is 213 g/mol. The summed E-state index contributed by atoms with van der Waals surface area (Å²) in [5, 5.41) is 0.786. The predicted octanol–water partition coefficient (Wildman–Crippen LogP) is 1.54. The van der Waals surface area contributed by atoms with E-state index in [4.69, 9.17) is 15.9 Å². The summed E-state index contributed by atoms with van der Waals surface area (Å²) in [6.07, 6.45) is 0. The molecule has 74 valence electrons. The minimum absolute atomic E-state index is 0. The van der Waals surface area contributed by atoms with E-state index in [-0.39, 0.29) is 18.2 Å². The molecule has 0 radical (unpaired) electrons. The summed E-state index contributed by atoms with van der Waals surface area (Å²) in [6, 6.07) is 6.72. The monoisotopic (exact) mass is 212 g/mol. The molecule has 0 aliphatic rings. The van der Waals surface area contributed by atoms with Crippen molar-refractivity contribution in [2.45, 2.75) is 0 Å². The van der Waals surface area contributed by atoms with Gasteiger partial charge in [0.1, 0.15) is 5.58 Å². The molecule has 1 aromatic heterocycles. The normalized spacial score (nSPS) is 9.71. The summed E-state index contributed by atoms with van der Waals surface area (Å²) in [5.74, 6) is -0.421. The number of fused-ring (bicyclic) bond motifs is 1. The zero-order chi connectivity index (χ0) is 9.42. The van der Waals surface area contributed by atoms with Crippen molar-refractivity contribution >= 4 is 35.0 Å². The van der Waals surface area contributed by atoms with Crippen LogP contribution in [0.1, 0.15) is 10.6 Å². The van der Waals surface area contributed by atoms with Gasteiger partial charge in [0.2, 0.25) is 0 Å². The number of benzene rings is 1. The number of hydrogen-bond donors (Lipinski definition) is 2. The molecule has 0 aliphatic heterocycles. The largest absolute Gasteiger partial charge is 0.451 e. The fraction of sp³-hybridized carbons (Fsp3) is 0. The SMILES string of the molecule is Cl.NC(=O)c1cc2cc(N)ccc2o1. The number of amides is 1. The van der Waals surface area contributed by atoms with Crippen molar-refractivity contribution in [2.24, 2.45) is 5.73 Å². The number of primary amides is 1. The van der Waals surface area contributed by atoms with Crippen molar-refractivity contribution in [3.63, 3.8) is 0 Å². The number of nitrogen functional groups attached to an aromatic ring is 1. The highest BCUT2D eigenvalue weighted by molar-refractivity contribution is 5.95. The van der Waals surface area contributed by atoms with Gasteiger partial charge in [0.15, 0.2) is 5.76 Å². The quantitative estimate of drug-likeness (QED) is 0.704. The van der Waals surface area contributed by atoms with Crippen molar-refractivity contribution in [3.05, 3.63) is 30.0 Å². The van der Waals surface area contributed by atoms with E-state index in [0.717, 1.165) is 5.39 Å². The lowest BCUT2D eigenvalue weighted by Crippen LogP contribution is -2.08. The van der Waals surface area contributed by atoms with E-state index < -0.39 is 5.91 Å². The second kappa shape index (κ2) is 3.59. The van der Waals surface area contributed by atoms with E-state index in [9.17, 15) is 4.79 Å². The maximum Gasteiger partial charge on any atom is 0.284 e. The topological polar surface area (TPSA) is 82.2 Å². The van der Waals surface area contributed by atoms with Crippen LogP contribution in [-0.2, 0) is 0 Å². The van der Waals surface area contributed by atoms with Crippen LogP contribution in [0, 0.1) is 0 Å². The highest BCUT2D eigenvalue weighted by Crippen LogP contribution is 2.21. The highest BCUT2D eigenvalue weighted by Gasteiger charge is 2.07. The Bertz CT molecular complexity index is 479. The fourth-order valence-electron chi connectivity index (χ4n) is 1.18. The molecule has 2 aromatic rings. The molecular formula is C9H9ClN2O2. The standard InChI is InChI=1S/C9H8N2O2.ClH/c10-6-1-2-7-5(3-6)4-8(13-7)9(11)12;/h1-4H,10H2,(H2,11,12);1H. The van der Waals surface area contributed by atoms with E-state index in [0.29, 0.717) is 11.3 Å². The first-order valence-corrected chi connectivity index (χ1v) is 3.76. The third-order valence-corrected chi connectivity index (χ3v) is 1.78. The molecule has 0 unspecified atom stereocenters. The Morgan fingerprint density at radius 2 is 2.00 bits per heavy atom. The predicted molar refractivity (Wildman–Crippen MR) is 56.4 cm³/mol. The van der Waals surface area contributed by atoms with Crippen molar-refractivity contribution < 1.29 is 9.21 Å². The van der Waals surface area contributed by atoms with Crippen molar-refractivity contribution in [3.8, 4) is 0 Å². The lowest BCUT2D eigenvalue weighted by molar-refractivity contribution is 0.0976. The van der Waals surface area contributed by atoms with Crippen molar-refractivity contribution in [1.29, 1.82) is 0 Å². The van der Waals surface area contributed by atoms with Gasteiger partial charge < -0.3 is 15.9 Å². The maximum absolute atomic E-state index is 10.8. The Balaban J connectivity index is 0.000000980. The molecule has 0 saturated carbocycles. The first-order chi connectivity index (χ1) is 6.16. The number of rotatable bonds is 1. The zero-order valence-electron chi connectivity index (χ0n) is 7.19. The van der Waals surface area contributed by atoms with Gasteiger partial charge in [-0.15, -0.1) is 12.4 Å². The summed E-state index contributed by atoms with van der Waals surface area (Å²) >= 11 is 0. The highest BCUT2D eigenvalue weighted by atomic mass is 35.5. The summed E-state index contributed by atoms with van der Waals surface area (Å²) in [4.78, 5) is 10.8. The van der Waals surface area contributed by atoms with Gasteiger partial charge in [0, 0.05) is 11.1 Å². The maximum atomic E-state index is 10.8. The van der Waals surface area contributed by atoms with E-state index in [1.807, 2.05) is 0 Å². The molecule has 1 heterocycles. The summed E-state index contributed by atoms with van der Waals surface area (Å²) in [7, 11) is 0.